The van der Waals surface area contributed by atoms with Crippen molar-refractivity contribution < 1.29 is 64.0 Å². The summed E-state index contributed by atoms with van der Waals surface area (Å²) < 4.78 is 27.1. The first-order valence-corrected chi connectivity index (χ1v) is 7.31. The minimum atomic E-state index is -2.12. The molecule has 0 aliphatic carbocycles. The van der Waals surface area contributed by atoms with Gasteiger partial charge in [0.2, 0.25) is 0 Å². The zero-order chi connectivity index (χ0) is 10.7. The van der Waals surface area contributed by atoms with E-state index in [0.717, 1.165) is 20.0 Å². The predicted molar refractivity (Wildman–Crippen MR) is 40.6 cm³/mol. The Balaban J connectivity index is -0.0000000450. The van der Waals surface area contributed by atoms with E-state index in [-0.39, 0.29) is 35.6 Å². The van der Waals surface area contributed by atoms with Gasteiger partial charge in [-0.05, 0) is 0 Å². The van der Waals surface area contributed by atoms with Crippen LogP contribution < -0.4 is 14.7 Å². The van der Waals surface area contributed by atoms with Crippen LogP contribution in [-0.2, 0) is 13.7 Å². The molecule has 0 spiro atoms. The van der Waals surface area contributed by atoms with E-state index < -0.39 is 24.1 Å². The van der Waals surface area contributed by atoms with Crippen LogP contribution in [0.25, 0.3) is 0 Å². The van der Waals surface area contributed by atoms with E-state index in [9.17, 15) is 0 Å². The smallest absolute Gasteiger partial charge is 0.596 e. The van der Waals surface area contributed by atoms with Crippen LogP contribution in [0, 0.1) is 35.6 Å². The van der Waals surface area contributed by atoms with Crippen LogP contribution in [-0.4, -0.2) is 20.0 Å². The van der Waals surface area contributed by atoms with Crippen LogP contribution in [0.4, 0.5) is 0 Å². The normalized spacial score (nSPS) is 10.2. The molecule has 0 aromatic rings. The third kappa shape index (κ3) is 916. The molecule has 0 amide bonds. The van der Waals surface area contributed by atoms with E-state index in [1.54, 1.807) is 0 Å². The standard InChI is InChI=1S/3CH3O2P.La/c3*1-4(2)3;/h3*1H3;/q;;;+3. The zero-order valence-electron chi connectivity index (χ0n) is 7.37. The average Bonchev–Trinajstić information content (AvgIpc) is 1.54. The predicted octanol–water partition coefficient (Wildman–Crippen LogP) is -0.843. The SMILES string of the molecule is C[P+](=O)[O-].C[P+](=O)[O-].C[P+](=O)[O-].[La+3]. The second-order valence-electron chi connectivity index (χ2n) is 1.32. The van der Waals surface area contributed by atoms with Crippen molar-refractivity contribution in [2.75, 3.05) is 20.0 Å². The van der Waals surface area contributed by atoms with Gasteiger partial charge < -0.3 is 14.7 Å². The maximum Gasteiger partial charge on any atom is 3.00 e. The van der Waals surface area contributed by atoms with Crippen LogP contribution in [0.3, 0.4) is 0 Å². The molecule has 3 atom stereocenters. The van der Waals surface area contributed by atoms with Gasteiger partial charge in [0.1, 0.15) is 20.0 Å². The molecule has 72 valence electrons. The van der Waals surface area contributed by atoms with E-state index in [4.69, 9.17) is 28.4 Å². The van der Waals surface area contributed by atoms with Crippen LogP contribution in [0.1, 0.15) is 0 Å². The van der Waals surface area contributed by atoms with E-state index in [1.165, 1.54) is 0 Å². The molecular weight excluding hydrogens is 364 g/mol. The van der Waals surface area contributed by atoms with Crippen molar-refractivity contribution in [3.8, 4) is 0 Å². The van der Waals surface area contributed by atoms with E-state index in [2.05, 4.69) is 0 Å². The van der Waals surface area contributed by atoms with E-state index in [1.807, 2.05) is 0 Å². The average molecular weight is 373 g/mol. The molecule has 6 nitrogen and oxygen atoms in total. The van der Waals surface area contributed by atoms with Crippen molar-refractivity contribution >= 4 is 24.1 Å². The van der Waals surface area contributed by atoms with E-state index in [0.29, 0.717) is 0 Å². The molecule has 0 aromatic carbocycles. The molecular formula is C3H9LaO6P3+3. The Morgan fingerprint density at radius 2 is 0.692 bits per heavy atom. The Bertz CT molecular complexity index is 121. The third-order valence-corrected chi connectivity index (χ3v) is 0. The van der Waals surface area contributed by atoms with Crippen molar-refractivity contribution in [1.82, 2.24) is 0 Å². The van der Waals surface area contributed by atoms with Gasteiger partial charge in [-0.2, -0.15) is 0 Å². The number of hydrogen-bond acceptors (Lipinski definition) is 6. The summed E-state index contributed by atoms with van der Waals surface area (Å²) in [5.74, 6) is 0. The molecule has 0 aromatic heterocycles. The van der Waals surface area contributed by atoms with Crippen LogP contribution >= 0.6 is 24.1 Å². The topological polar surface area (TPSA) is 120 Å². The summed E-state index contributed by atoms with van der Waals surface area (Å²) in [6, 6.07) is 0. The molecule has 0 saturated heterocycles. The molecule has 0 heterocycles. The van der Waals surface area contributed by atoms with Gasteiger partial charge in [0.15, 0.2) is 0 Å². The van der Waals surface area contributed by atoms with Gasteiger partial charge in [0, 0.05) is 0 Å². The summed E-state index contributed by atoms with van der Waals surface area (Å²) >= 11 is 0. The first-order valence-electron chi connectivity index (χ1n) is 2.44. The zero-order valence-corrected chi connectivity index (χ0v) is 13.7. The Morgan fingerprint density at radius 3 is 0.692 bits per heavy atom. The molecule has 10 heteroatoms. The van der Waals surface area contributed by atoms with Crippen molar-refractivity contribution in [1.29, 1.82) is 0 Å². The summed E-state index contributed by atoms with van der Waals surface area (Å²) in [5.41, 5.74) is 0. The molecule has 0 radical (unpaired) electrons. The molecule has 0 bridgehead atoms. The van der Waals surface area contributed by atoms with Crippen LogP contribution in [0.15, 0.2) is 0 Å². The number of hydrogen-bond donors (Lipinski definition) is 0. The fourth-order valence-corrected chi connectivity index (χ4v) is 0. The van der Waals surface area contributed by atoms with E-state index >= 15 is 0 Å². The van der Waals surface area contributed by atoms with Gasteiger partial charge in [-0.3, -0.25) is 0 Å². The number of rotatable bonds is 0. The Kier molecular flexibility index (Phi) is 35.0. The monoisotopic (exact) mass is 373 g/mol. The maximum atomic E-state index is 9.04. The molecule has 13 heavy (non-hydrogen) atoms. The van der Waals surface area contributed by atoms with Gasteiger partial charge in [-0.15, -0.1) is 0 Å². The second-order valence-corrected chi connectivity index (χ2v) is 3.96. The van der Waals surface area contributed by atoms with Gasteiger partial charge >= 0.3 is 59.7 Å². The van der Waals surface area contributed by atoms with Crippen molar-refractivity contribution in [2.45, 2.75) is 0 Å². The summed E-state index contributed by atoms with van der Waals surface area (Å²) in [7, 11) is -6.36. The summed E-state index contributed by atoms with van der Waals surface area (Å²) in [6.45, 7) is 3.36. The first-order chi connectivity index (χ1) is 5.20. The van der Waals surface area contributed by atoms with Crippen molar-refractivity contribution in [2.24, 2.45) is 0 Å². The Hall–Kier alpha value is 1.37. The largest absolute Gasteiger partial charge is 3.00 e. The second kappa shape index (κ2) is 19.0. The molecule has 0 aliphatic rings. The maximum absolute atomic E-state index is 9.04. The van der Waals surface area contributed by atoms with Gasteiger partial charge in [-0.25, -0.2) is 0 Å². The van der Waals surface area contributed by atoms with Crippen LogP contribution in [0.5, 0.6) is 0 Å². The molecule has 0 fully saturated rings. The van der Waals surface area contributed by atoms with Gasteiger partial charge in [0.05, 0.1) is 0 Å². The summed E-state index contributed by atoms with van der Waals surface area (Å²) in [5, 5.41) is 0. The van der Waals surface area contributed by atoms with Crippen LogP contribution in [0.2, 0.25) is 0 Å². The molecule has 0 N–H and O–H groups in total. The molecule has 0 saturated carbocycles. The Morgan fingerprint density at radius 1 is 0.692 bits per heavy atom. The summed E-state index contributed by atoms with van der Waals surface area (Å²) in [4.78, 5) is 27.1. The van der Waals surface area contributed by atoms with Crippen molar-refractivity contribution in [3.63, 3.8) is 0 Å². The van der Waals surface area contributed by atoms with Gasteiger partial charge in [0.25, 0.3) is 0 Å². The summed E-state index contributed by atoms with van der Waals surface area (Å²) in [6.07, 6.45) is 0. The minimum absolute atomic E-state index is 0. The fourth-order valence-electron chi connectivity index (χ4n) is 0. The van der Waals surface area contributed by atoms with Crippen molar-refractivity contribution in [3.05, 3.63) is 0 Å². The molecule has 0 rings (SSSR count). The first kappa shape index (κ1) is 23.9. The fraction of sp³-hybridized carbons (Fsp3) is 1.00. The molecule has 0 aliphatic heterocycles. The quantitative estimate of drug-likeness (QED) is 0.511. The Labute approximate surface area is 107 Å². The minimum Gasteiger partial charge on any atom is -0.596 e. The molecule has 3 unspecified atom stereocenters. The van der Waals surface area contributed by atoms with Gasteiger partial charge in [-0.1, -0.05) is 13.7 Å². The third-order valence-electron chi connectivity index (χ3n) is 0.